The van der Waals surface area contributed by atoms with Crippen LogP contribution in [0.1, 0.15) is 25.3 Å². The number of ether oxygens (including phenoxy) is 1. The molecule has 140 valence electrons. The van der Waals surface area contributed by atoms with E-state index in [1.165, 1.54) is 36.4 Å². The average molecular weight is 372 g/mol. The van der Waals surface area contributed by atoms with Gasteiger partial charge in [0, 0.05) is 23.7 Å². The predicted molar refractivity (Wildman–Crippen MR) is 111 cm³/mol. The van der Waals surface area contributed by atoms with Gasteiger partial charge in [0.05, 0.1) is 0 Å². The highest BCUT2D eigenvalue weighted by molar-refractivity contribution is 8.00. The first kappa shape index (κ1) is 19.1. The molecule has 1 aliphatic heterocycles. The third kappa shape index (κ3) is 6.24. The Morgan fingerprint density at radius 3 is 2.65 bits per heavy atom. The number of rotatable bonds is 10. The summed E-state index contributed by atoms with van der Waals surface area (Å²) in [4.78, 5) is 3.78. The summed E-state index contributed by atoms with van der Waals surface area (Å²) in [5.41, 5.74) is 2.47. The van der Waals surface area contributed by atoms with Gasteiger partial charge in [0.25, 0.3) is 0 Å². The molecule has 1 heterocycles. The van der Waals surface area contributed by atoms with E-state index < -0.39 is 0 Å². The molecule has 0 amide bonds. The van der Waals surface area contributed by atoms with Crippen molar-refractivity contribution in [3.05, 3.63) is 54.1 Å². The molecule has 2 aromatic rings. The minimum atomic E-state index is 0.694. The second kappa shape index (κ2) is 10.5. The van der Waals surface area contributed by atoms with Gasteiger partial charge in [0.1, 0.15) is 12.4 Å². The van der Waals surface area contributed by atoms with Gasteiger partial charge < -0.3 is 14.8 Å². The second-order valence-corrected chi connectivity index (χ2v) is 7.44. The van der Waals surface area contributed by atoms with Gasteiger partial charge in [0.2, 0.25) is 0 Å². The first-order chi connectivity index (χ1) is 12.8. The van der Waals surface area contributed by atoms with Crippen LogP contribution in [-0.4, -0.2) is 37.7 Å². The zero-order valence-corrected chi connectivity index (χ0v) is 16.4. The van der Waals surface area contributed by atoms with Gasteiger partial charge >= 0.3 is 0 Å². The normalized spacial score (nSPS) is 14.5. The third-order valence-corrected chi connectivity index (χ3v) is 5.27. The summed E-state index contributed by atoms with van der Waals surface area (Å²) in [7, 11) is 0. The molecule has 0 bridgehead atoms. The number of nitrogens with one attached hydrogen (secondary N) is 2. The summed E-state index contributed by atoms with van der Waals surface area (Å²) in [6.45, 7) is 8.17. The van der Waals surface area contributed by atoms with Crippen LogP contribution in [0.3, 0.4) is 0 Å². The molecule has 0 spiro atoms. The molecule has 4 nitrogen and oxygen atoms in total. The zero-order chi connectivity index (χ0) is 18.0. The number of likely N-dealkylation sites (tertiary alicyclic amines) is 1. The summed E-state index contributed by atoms with van der Waals surface area (Å²) in [5.74, 6) is 0.908. The van der Waals surface area contributed by atoms with Crippen molar-refractivity contribution >= 4 is 17.6 Å². The fraction of sp³-hybridized carbons (Fsp3) is 0.429. The lowest BCUT2D eigenvalue weighted by molar-refractivity contribution is 0.315. The largest absolute Gasteiger partial charge is 0.492 e. The molecule has 0 atom stereocenters. The molecule has 3 rings (SSSR count). The van der Waals surface area contributed by atoms with Crippen molar-refractivity contribution in [3.8, 4) is 5.75 Å². The first-order valence-corrected chi connectivity index (χ1v) is 10.3. The van der Waals surface area contributed by atoms with E-state index in [2.05, 4.69) is 58.3 Å². The lowest BCUT2D eigenvalue weighted by Gasteiger charge is -2.15. The Morgan fingerprint density at radius 1 is 1.08 bits per heavy atom. The number of hydrogen-bond donors (Lipinski definition) is 2. The molecule has 0 saturated carbocycles. The molecule has 1 aliphatic rings. The summed E-state index contributed by atoms with van der Waals surface area (Å²) < 4.78 is 9.12. The monoisotopic (exact) mass is 371 g/mol. The van der Waals surface area contributed by atoms with Crippen LogP contribution in [0.25, 0.3) is 0 Å². The predicted octanol–water partition coefficient (Wildman–Crippen LogP) is 4.39. The smallest absolute Gasteiger partial charge is 0.119 e. The molecule has 2 aromatic carbocycles. The summed E-state index contributed by atoms with van der Waals surface area (Å²) in [5, 5.41) is 3.25. The first-order valence-electron chi connectivity index (χ1n) is 9.51. The van der Waals surface area contributed by atoms with Crippen LogP contribution in [0.4, 0.5) is 5.69 Å². The summed E-state index contributed by atoms with van der Waals surface area (Å²) >= 11 is 1.66. The molecule has 5 heteroatoms. The van der Waals surface area contributed by atoms with Gasteiger partial charge in [-0.05, 0) is 86.4 Å². The van der Waals surface area contributed by atoms with E-state index in [-0.39, 0.29) is 0 Å². The molecule has 0 aliphatic carbocycles. The highest BCUT2D eigenvalue weighted by Crippen LogP contribution is 2.24. The zero-order valence-electron chi connectivity index (χ0n) is 15.5. The lowest BCUT2D eigenvalue weighted by Crippen LogP contribution is -2.20. The molecular weight excluding hydrogens is 342 g/mol. The summed E-state index contributed by atoms with van der Waals surface area (Å²) in [6, 6.07) is 17.0. The Hall–Kier alpha value is -1.69. The topological polar surface area (TPSA) is 36.5 Å². The summed E-state index contributed by atoms with van der Waals surface area (Å²) in [6.07, 6.45) is 2.68. The number of anilines is 1. The van der Waals surface area contributed by atoms with Crippen LogP contribution in [0, 0.1) is 0 Å². The molecule has 0 unspecified atom stereocenters. The molecule has 1 fully saturated rings. The van der Waals surface area contributed by atoms with Crippen molar-refractivity contribution in [2.75, 3.05) is 37.5 Å². The van der Waals surface area contributed by atoms with Crippen LogP contribution >= 0.6 is 11.9 Å². The second-order valence-electron chi connectivity index (χ2n) is 6.56. The quantitative estimate of drug-likeness (QED) is 0.478. The van der Waals surface area contributed by atoms with Gasteiger partial charge in [-0.25, -0.2) is 0 Å². The highest BCUT2D eigenvalue weighted by atomic mass is 32.2. The lowest BCUT2D eigenvalue weighted by atomic mass is 10.2. The van der Waals surface area contributed by atoms with E-state index in [0.29, 0.717) is 6.61 Å². The van der Waals surface area contributed by atoms with E-state index in [9.17, 15) is 0 Å². The van der Waals surface area contributed by atoms with E-state index in [1.807, 2.05) is 12.1 Å². The van der Waals surface area contributed by atoms with Gasteiger partial charge in [0.15, 0.2) is 0 Å². The fourth-order valence-corrected chi connectivity index (χ4v) is 3.79. The minimum absolute atomic E-state index is 0.694. The number of likely N-dealkylation sites (N-methyl/N-ethyl adjacent to an activating group) is 1. The number of nitrogens with zero attached hydrogens (tertiary/aromatic N) is 1. The maximum absolute atomic E-state index is 5.70. The molecule has 26 heavy (non-hydrogen) atoms. The van der Waals surface area contributed by atoms with Gasteiger partial charge in [-0.15, -0.1) is 0 Å². The fourth-order valence-electron chi connectivity index (χ4n) is 3.06. The van der Waals surface area contributed by atoms with Crippen LogP contribution < -0.4 is 14.8 Å². The van der Waals surface area contributed by atoms with E-state index >= 15 is 0 Å². The Morgan fingerprint density at radius 2 is 1.88 bits per heavy atom. The Kier molecular flexibility index (Phi) is 7.67. The minimum Gasteiger partial charge on any atom is -0.492 e. The van der Waals surface area contributed by atoms with Crippen molar-refractivity contribution in [3.63, 3.8) is 0 Å². The molecule has 0 aromatic heterocycles. The van der Waals surface area contributed by atoms with E-state index in [1.54, 1.807) is 11.9 Å². The van der Waals surface area contributed by atoms with Crippen molar-refractivity contribution in [2.24, 2.45) is 0 Å². The maximum atomic E-state index is 5.70. The molecular formula is C21H29N3OS. The SMILES string of the molecule is CCNCCOc1ccc(NSc2cccc(CN3CCCC3)c2)cc1. The van der Waals surface area contributed by atoms with E-state index in [0.717, 1.165) is 31.1 Å². The molecule has 2 N–H and O–H groups in total. The van der Waals surface area contributed by atoms with Crippen LogP contribution in [0.15, 0.2) is 53.4 Å². The Balaban J connectivity index is 1.46. The van der Waals surface area contributed by atoms with Crippen molar-refractivity contribution in [1.29, 1.82) is 0 Å². The maximum Gasteiger partial charge on any atom is 0.119 e. The average Bonchev–Trinajstić information content (AvgIpc) is 3.18. The van der Waals surface area contributed by atoms with Crippen molar-refractivity contribution in [2.45, 2.75) is 31.2 Å². The Labute approximate surface area is 161 Å². The van der Waals surface area contributed by atoms with Gasteiger partial charge in [-0.2, -0.15) is 0 Å². The van der Waals surface area contributed by atoms with Crippen LogP contribution in [0.2, 0.25) is 0 Å². The van der Waals surface area contributed by atoms with Crippen molar-refractivity contribution < 1.29 is 4.74 Å². The standard InChI is InChI=1S/C21H29N3OS/c1-2-22-12-15-25-20-10-8-19(9-11-20)23-26-21-7-5-6-18(16-21)17-24-13-3-4-14-24/h5-11,16,22-23H,2-4,12-15,17H2,1H3. The third-order valence-electron chi connectivity index (χ3n) is 4.44. The molecule has 1 saturated heterocycles. The van der Waals surface area contributed by atoms with Gasteiger partial charge in [-0.1, -0.05) is 19.1 Å². The number of benzene rings is 2. The van der Waals surface area contributed by atoms with Gasteiger partial charge in [-0.3, -0.25) is 4.90 Å². The van der Waals surface area contributed by atoms with Crippen molar-refractivity contribution in [1.82, 2.24) is 10.2 Å². The van der Waals surface area contributed by atoms with Crippen LogP contribution in [-0.2, 0) is 6.54 Å². The Bertz CT molecular complexity index is 657. The van der Waals surface area contributed by atoms with E-state index in [4.69, 9.17) is 4.74 Å². The number of hydrogen-bond acceptors (Lipinski definition) is 5. The van der Waals surface area contributed by atoms with Crippen LogP contribution in [0.5, 0.6) is 5.75 Å². The highest BCUT2D eigenvalue weighted by Gasteiger charge is 2.11. The molecule has 0 radical (unpaired) electrons.